The van der Waals surface area contributed by atoms with Crippen molar-refractivity contribution >= 4 is 11.0 Å². The van der Waals surface area contributed by atoms with Crippen LogP contribution in [-0.4, -0.2) is 70.4 Å². The SMILES string of the molecule is N#Cc1ccc(COc2nccc(C3CCN(Cc4nc5cc(-c6nnc(C(F)(F)F)[nH]6)ncc5n4CC4CCO4)CC3)n2)c(F)c1. The minimum absolute atomic E-state index is 0.0581. The van der Waals surface area contributed by atoms with Gasteiger partial charge < -0.3 is 19.0 Å². The molecule has 2 aliphatic heterocycles. The normalized spacial score (nSPS) is 17.5. The summed E-state index contributed by atoms with van der Waals surface area (Å²) in [6.45, 7) is 3.38. The maximum absolute atomic E-state index is 14.3. The highest BCUT2D eigenvalue weighted by atomic mass is 19.4. The zero-order chi connectivity index (χ0) is 32.5. The monoisotopic (exact) mass is 648 g/mol. The van der Waals surface area contributed by atoms with Crippen LogP contribution in [0.4, 0.5) is 17.6 Å². The number of benzene rings is 1. The Morgan fingerprint density at radius 2 is 1.89 bits per heavy atom. The Labute approximate surface area is 265 Å². The number of hydrogen-bond donors (Lipinski definition) is 1. The molecular weight excluding hydrogens is 620 g/mol. The van der Waals surface area contributed by atoms with Crippen molar-refractivity contribution in [1.29, 1.82) is 5.26 Å². The molecule has 0 spiro atoms. The van der Waals surface area contributed by atoms with Gasteiger partial charge >= 0.3 is 12.2 Å². The van der Waals surface area contributed by atoms with Gasteiger partial charge in [0.15, 0.2) is 5.82 Å². The Hall–Kier alpha value is -5.01. The van der Waals surface area contributed by atoms with Gasteiger partial charge in [0.1, 0.15) is 23.9 Å². The first-order valence-corrected chi connectivity index (χ1v) is 15.1. The highest BCUT2D eigenvalue weighted by Gasteiger charge is 2.35. The zero-order valence-corrected chi connectivity index (χ0v) is 24.9. The predicted octanol–water partition coefficient (Wildman–Crippen LogP) is 4.78. The topological polar surface area (TPSA) is 144 Å². The number of hydrogen-bond acceptors (Lipinski definition) is 10. The molecular formula is C31H28F4N10O2. The van der Waals surface area contributed by atoms with Crippen LogP contribution in [0, 0.1) is 17.1 Å². The van der Waals surface area contributed by atoms with Crippen LogP contribution in [-0.2, 0) is 30.6 Å². The first-order chi connectivity index (χ1) is 22.7. The van der Waals surface area contributed by atoms with E-state index >= 15 is 0 Å². The van der Waals surface area contributed by atoms with Crippen molar-refractivity contribution in [2.45, 2.75) is 57.2 Å². The highest BCUT2D eigenvalue weighted by molar-refractivity contribution is 5.78. The quantitative estimate of drug-likeness (QED) is 0.222. The van der Waals surface area contributed by atoms with Crippen molar-refractivity contribution in [3.63, 3.8) is 0 Å². The standard InChI is InChI=1S/C31H28F4N10O2/c32-22-11-18(13-36)1-2-20(22)17-47-30-37-7-3-23(40-30)19-4-8-44(9-5-19)16-27-39-24-12-25(28-41-29(43-42-28)31(33,34)35)38-14-26(24)45(27)15-21-6-10-46-21/h1-3,7,11-12,14,19,21H,4-6,8-10,15-17H2,(H,41,42,43). The molecule has 47 heavy (non-hydrogen) atoms. The molecule has 4 aromatic heterocycles. The Morgan fingerprint density at radius 1 is 1.06 bits per heavy atom. The fourth-order valence-electron chi connectivity index (χ4n) is 5.78. The second-order valence-electron chi connectivity index (χ2n) is 11.5. The molecule has 2 saturated heterocycles. The summed E-state index contributed by atoms with van der Waals surface area (Å²) in [6.07, 6.45) is 1.26. The molecule has 0 radical (unpaired) electrons. The van der Waals surface area contributed by atoms with Gasteiger partial charge in [-0.25, -0.2) is 14.4 Å². The van der Waals surface area contributed by atoms with Crippen LogP contribution in [0.15, 0.2) is 42.7 Å². The van der Waals surface area contributed by atoms with Crippen molar-refractivity contribution in [3.05, 3.63) is 77.0 Å². The van der Waals surface area contributed by atoms with Crippen LogP contribution in [0.3, 0.4) is 0 Å². The molecule has 1 N–H and O–H groups in total. The number of piperidine rings is 1. The molecule has 1 aromatic carbocycles. The van der Waals surface area contributed by atoms with Crippen LogP contribution in [0.2, 0.25) is 0 Å². The Kier molecular flexibility index (Phi) is 8.24. The Morgan fingerprint density at radius 3 is 2.60 bits per heavy atom. The van der Waals surface area contributed by atoms with E-state index in [9.17, 15) is 17.6 Å². The molecule has 1 unspecified atom stereocenters. The third-order valence-corrected chi connectivity index (χ3v) is 8.46. The van der Waals surface area contributed by atoms with Crippen LogP contribution >= 0.6 is 0 Å². The van der Waals surface area contributed by atoms with Gasteiger partial charge in [-0.3, -0.25) is 9.88 Å². The number of likely N-dealkylation sites (tertiary alicyclic amines) is 1. The molecule has 0 saturated carbocycles. The van der Waals surface area contributed by atoms with E-state index in [0.29, 0.717) is 30.8 Å². The molecule has 2 fully saturated rings. The average Bonchev–Trinajstić information content (AvgIpc) is 3.68. The third kappa shape index (κ3) is 6.62. The van der Waals surface area contributed by atoms with Gasteiger partial charge in [-0.1, -0.05) is 6.07 Å². The lowest BCUT2D eigenvalue weighted by atomic mass is 9.93. The number of halogens is 4. The van der Waals surface area contributed by atoms with E-state index in [-0.39, 0.29) is 41.7 Å². The zero-order valence-electron chi connectivity index (χ0n) is 24.9. The first-order valence-electron chi connectivity index (χ1n) is 15.1. The molecule has 0 bridgehead atoms. The lowest BCUT2D eigenvalue weighted by Crippen LogP contribution is -2.35. The number of aromatic amines is 1. The number of ether oxygens (including phenoxy) is 2. The number of nitrogens with one attached hydrogen (secondary N) is 1. The minimum Gasteiger partial charge on any atom is -0.458 e. The van der Waals surface area contributed by atoms with E-state index in [0.717, 1.165) is 49.4 Å². The number of rotatable bonds is 9. The van der Waals surface area contributed by atoms with E-state index in [2.05, 4.69) is 39.6 Å². The van der Waals surface area contributed by atoms with E-state index in [1.54, 1.807) is 18.5 Å². The molecule has 7 rings (SSSR count). The summed E-state index contributed by atoms with van der Waals surface area (Å²) in [5.74, 6) is -0.794. The van der Waals surface area contributed by atoms with Crippen molar-refractivity contribution in [2.24, 2.45) is 0 Å². The molecule has 0 aliphatic carbocycles. The van der Waals surface area contributed by atoms with Crippen LogP contribution in [0.25, 0.3) is 22.6 Å². The molecule has 0 amide bonds. The minimum atomic E-state index is -4.64. The number of nitrogens with zero attached hydrogens (tertiary/aromatic N) is 9. The van der Waals surface area contributed by atoms with E-state index in [1.165, 1.54) is 18.2 Å². The second-order valence-corrected chi connectivity index (χ2v) is 11.5. The molecule has 12 nitrogen and oxygen atoms in total. The summed E-state index contributed by atoms with van der Waals surface area (Å²) in [6, 6.07) is 9.77. The van der Waals surface area contributed by atoms with Crippen molar-refractivity contribution in [2.75, 3.05) is 19.7 Å². The molecule has 1 atom stereocenters. The first kappa shape index (κ1) is 30.6. The number of nitriles is 1. The smallest absolute Gasteiger partial charge is 0.451 e. The number of imidazole rings is 1. The summed E-state index contributed by atoms with van der Waals surface area (Å²) in [5, 5.41) is 15.8. The van der Waals surface area contributed by atoms with Gasteiger partial charge in [0, 0.05) is 24.3 Å². The van der Waals surface area contributed by atoms with Gasteiger partial charge in [0.05, 0.1) is 53.8 Å². The number of pyridine rings is 1. The van der Waals surface area contributed by atoms with Gasteiger partial charge in [-0.2, -0.15) is 23.4 Å². The summed E-state index contributed by atoms with van der Waals surface area (Å²) in [4.78, 5) is 22.5. The summed E-state index contributed by atoms with van der Waals surface area (Å²) in [5.41, 5.74) is 2.97. The Bertz CT molecular complexity index is 1940. The molecule has 16 heteroatoms. The van der Waals surface area contributed by atoms with E-state index in [4.69, 9.17) is 19.7 Å². The second kappa shape index (κ2) is 12.6. The lowest BCUT2D eigenvalue weighted by Gasteiger charge is -2.32. The van der Waals surface area contributed by atoms with E-state index < -0.39 is 17.8 Å². The van der Waals surface area contributed by atoms with Gasteiger partial charge in [-0.05, 0) is 56.6 Å². The predicted molar refractivity (Wildman–Crippen MR) is 157 cm³/mol. The van der Waals surface area contributed by atoms with E-state index in [1.807, 2.05) is 12.1 Å². The maximum atomic E-state index is 14.3. The maximum Gasteiger partial charge on any atom is 0.451 e. The van der Waals surface area contributed by atoms with Gasteiger partial charge in [0.25, 0.3) is 0 Å². The van der Waals surface area contributed by atoms with Gasteiger partial charge in [0.2, 0.25) is 5.82 Å². The van der Waals surface area contributed by atoms with Crippen molar-refractivity contribution < 1.29 is 27.0 Å². The number of alkyl halides is 3. The van der Waals surface area contributed by atoms with Crippen molar-refractivity contribution in [1.82, 2.24) is 44.6 Å². The van der Waals surface area contributed by atoms with Crippen LogP contribution in [0.5, 0.6) is 6.01 Å². The molecule has 242 valence electrons. The highest BCUT2D eigenvalue weighted by Crippen LogP contribution is 2.31. The lowest BCUT2D eigenvalue weighted by molar-refractivity contribution is -0.144. The Balaban J connectivity index is 1.02. The largest absolute Gasteiger partial charge is 0.458 e. The number of fused-ring (bicyclic) bond motifs is 1. The number of aromatic nitrogens is 8. The van der Waals surface area contributed by atoms with Crippen LogP contribution in [0.1, 0.15) is 53.7 Å². The fraction of sp³-hybridized carbons (Fsp3) is 0.387. The molecule has 2 aliphatic rings. The third-order valence-electron chi connectivity index (χ3n) is 8.46. The molecule has 5 aromatic rings. The fourth-order valence-corrected chi connectivity index (χ4v) is 5.78. The van der Waals surface area contributed by atoms with Gasteiger partial charge in [-0.15, -0.1) is 10.2 Å². The summed E-state index contributed by atoms with van der Waals surface area (Å²) >= 11 is 0. The van der Waals surface area contributed by atoms with Crippen molar-refractivity contribution in [3.8, 4) is 23.6 Å². The molecule has 6 heterocycles. The summed E-state index contributed by atoms with van der Waals surface area (Å²) < 4.78 is 66.9. The average molecular weight is 649 g/mol. The number of H-pyrrole nitrogens is 1. The summed E-state index contributed by atoms with van der Waals surface area (Å²) in [7, 11) is 0. The van der Waals surface area contributed by atoms with Crippen LogP contribution < -0.4 is 4.74 Å².